The number of amides is 1. The molecule has 1 aliphatic heterocycles. The average molecular weight is 594 g/mol. The number of phenols is 1. The van der Waals surface area contributed by atoms with Crippen LogP contribution in [0, 0.1) is 11.8 Å². The third-order valence-corrected chi connectivity index (χ3v) is 9.71. The molecule has 2 aromatic carbocycles. The molecule has 0 unspecified atom stereocenters. The second kappa shape index (κ2) is 10.2. The number of aliphatic hydroxyl groups is 3. The summed E-state index contributed by atoms with van der Waals surface area (Å²) in [4.78, 5) is 41.4. The standard InChI is InChI=1S/C31H32ClN3O7/c1-2-34-25-19-10-16-9-18-22(26(37)21(16)28(39)31(19,42)29(40)23(27(25)38)30(33)41)20(36)11-17(24(18)32)13-35-8-7-14-5-3-4-6-15(14)12-35/h3-6,11,16,19,25,34,36-37,40,42H,2,7-10,12-13H2,1H3,(H2,33,41)/t16-,19-,25-,31-/m0/s1. The highest BCUT2D eigenvalue weighted by Crippen LogP contribution is 2.53. The number of aromatic hydroxyl groups is 1. The van der Waals surface area contributed by atoms with Crippen molar-refractivity contribution in [3.63, 3.8) is 0 Å². The number of halogens is 1. The van der Waals surface area contributed by atoms with Crippen LogP contribution in [-0.2, 0) is 40.3 Å². The molecule has 3 aliphatic carbocycles. The monoisotopic (exact) mass is 593 g/mol. The van der Waals surface area contributed by atoms with E-state index < -0.39 is 58.0 Å². The first-order chi connectivity index (χ1) is 20.0. The number of carbonyl (C=O) groups is 3. The highest BCUT2D eigenvalue weighted by atomic mass is 35.5. The molecule has 42 heavy (non-hydrogen) atoms. The largest absolute Gasteiger partial charge is 0.508 e. The van der Waals surface area contributed by atoms with Crippen LogP contribution in [0.2, 0.25) is 5.02 Å². The van der Waals surface area contributed by atoms with E-state index in [4.69, 9.17) is 17.3 Å². The maximum absolute atomic E-state index is 13.9. The number of benzene rings is 2. The second-order valence-electron chi connectivity index (χ2n) is 11.5. The minimum Gasteiger partial charge on any atom is -0.508 e. The molecule has 2 aromatic rings. The van der Waals surface area contributed by atoms with Gasteiger partial charge < -0.3 is 31.5 Å². The number of hydrogen-bond donors (Lipinski definition) is 6. The predicted octanol–water partition coefficient (Wildman–Crippen LogP) is 2.22. The summed E-state index contributed by atoms with van der Waals surface area (Å²) in [6.45, 7) is 3.99. The lowest BCUT2D eigenvalue weighted by atomic mass is 9.57. The van der Waals surface area contributed by atoms with E-state index >= 15 is 0 Å². The van der Waals surface area contributed by atoms with Crippen LogP contribution in [0.5, 0.6) is 5.75 Å². The fourth-order valence-corrected chi connectivity index (χ4v) is 7.57. The van der Waals surface area contributed by atoms with E-state index in [2.05, 4.69) is 22.3 Å². The third kappa shape index (κ3) is 4.08. The molecule has 1 fully saturated rings. The lowest BCUT2D eigenvalue weighted by Gasteiger charge is -2.49. The molecule has 11 heteroatoms. The number of likely N-dealkylation sites (N-methyl/N-ethyl adjacent to an activating group) is 1. The Morgan fingerprint density at radius 3 is 2.60 bits per heavy atom. The Hall–Kier alpha value is -3.70. The van der Waals surface area contributed by atoms with Gasteiger partial charge in [0.15, 0.2) is 11.4 Å². The number of carbonyl (C=O) groups excluding carboxylic acids is 3. The van der Waals surface area contributed by atoms with Crippen molar-refractivity contribution >= 4 is 34.8 Å². The Balaban J connectivity index is 1.41. The minimum absolute atomic E-state index is 0.00477. The van der Waals surface area contributed by atoms with Crippen molar-refractivity contribution in [1.82, 2.24) is 10.2 Å². The molecular formula is C31H32ClN3O7. The molecule has 1 amide bonds. The van der Waals surface area contributed by atoms with Crippen LogP contribution >= 0.6 is 11.6 Å². The number of nitrogens with one attached hydrogen (secondary N) is 1. The Morgan fingerprint density at radius 1 is 1.19 bits per heavy atom. The van der Waals surface area contributed by atoms with Crippen molar-refractivity contribution in [1.29, 1.82) is 0 Å². The topological polar surface area (TPSA) is 173 Å². The molecule has 0 bridgehead atoms. The van der Waals surface area contributed by atoms with Gasteiger partial charge in [-0.1, -0.05) is 42.8 Å². The summed E-state index contributed by atoms with van der Waals surface area (Å²) in [5.74, 6) is -6.90. The quantitative estimate of drug-likeness (QED) is 0.284. The number of nitrogens with two attached hydrogens (primary N) is 1. The highest BCUT2D eigenvalue weighted by molar-refractivity contribution is 6.32. The molecule has 1 saturated carbocycles. The van der Waals surface area contributed by atoms with Gasteiger partial charge in [0, 0.05) is 36.1 Å². The lowest BCUT2D eigenvalue weighted by Crippen LogP contribution is -2.66. The van der Waals surface area contributed by atoms with E-state index in [9.17, 15) is 34.8 Å². The van der Waals surface area contributed by atoms with Gasteiger partial charge in [-0.2, -0.15) is 0 Å². The number of rotatable bonds is 5. The SMILES string of the molecule is CCN[C@@H]1C(=O)C(C(N)=O)=C(O)[C@@]2(O)C(=O)C3=C(O)c4c(O)cc(CN5CCc6ccccc6C5)c(Cl)c4C[C@H]3C[C@@H]12. The summed E-state index contributed by atoms with van der Waals surface area (Å²) in [7, 11) is 0. The van der Waals surface area contributed by atoms with Gasteiger partial charge in [-0.3, -0.25) is 19.3 Å². The zero-order chi connectivity index (χ0) is 30.1. The number of phenolic OH excluding ortho intramolecular Hbond substituents is 1. The van der Waals surface area contributed by atoms with Crippen molar-refractivity contribution in [2.45, 2.75) is 50.9 Å². The first-order valence-corrected chi connectivity index (χ1v) is 14.4. The smallest absolute Gasteiger partial charge is 0.255 e. The van der Waals surface area contributed by atoms with Crippen LogP contribution in [0.4, 0.5) is 0 Å². The Bertz CT molecular complexity index is 1620. The summed E-state index contributed by atoms with van der Waals surface area (Å²) in [6.07, 6.45) is 1.04. The second-order valence-corrected chi connectivity index (χ2v) is 11.9. The molecule has 0 spiro atoms. The van der Waals surface area contributed by atoms with Crippen molar-refractivity contribution in [3.8, 4) is 5.75 Å². The highest BCUT2D eigenvalue weighted by Gasteiger charge is 2.63. The van der Waals surface area contributed by atoms with Crippen molar-refractivity contribution < 1.29 is 34.8 Å². The molecule has 4 atom stereocenters. The maximum Gasteiger partial charge on any atom is 0.255 e. The van der Waals surface area contributed by atoms with Crippen LogP contribution in [0.1, 0.15) is 41.2 Å². The lowest BCUT2D eigenvalue weighted by molar-refractivity contribution is -0.150. The molecule has 6 rings (SSSR count). The molecule has 7 N–H and O–H groups in total. The fraction of sp³-hybridized carbons (Fsp3) is 0.387. The first kappa shape index (κ1) is 28.4. The van der Waals surface area contributed by atoms with Gasteiger partial charge in [0.2, 0.25) is 5.78 Å². The van der Waals surface area contributed by atoms with Crippen LogP contribution in [0.25, 0.3) is 5.76 Å². The average Bonchev–Trinajstić information content (AvgIpc) is 2.95. The molecule has 0 radical (unpaired) electrons. The molecule has 4 aliphatic rings. The first-order valence-electron chi connectivity index (χ1n) is 14.0. The zero-order valence-electron chi connectivity index (χ0n) is 23.0. The molecule has 10 nitrogen and oxygen atoms in total. The summed E-state index contributed by atoms with van der Waals surface area (Å²) in [5, 5.41) is 48.4. The predicted molar refractivity (Wildman–Crippen MR) is 154 cm³/mol. The van der Waals surface area contributed by atoms with Crippen LogP contribution in [0.3, 0.4) is 0 Å². The number of fused-ring (bicyclic) bond motifs is 4. The summed E-state index contributed by atoms with van der Waals surface area (Å²) >= 11 is 6.92. The van der Waals surface area contributed by atoms with Crippen molar-refractivity contribution in [3.05, 3.63) is 80.1 Å². The number of Topliss-reactive ketones (excluding diaryl/α,β-unsaturated/α-hetero) is 2. The van der Waals surface area contributed by atoms with E-state index in [1.165, 1.54) is 17.2 Å². The van der Waals surface area contributed by atoms with Crippen LogP contribution in [0.15, 0.2) is 47.2 Å². The van der Waals surface area contributed by atoms with Gasteiger partial charge in [-0.15, -0.1) is 0 Å². The molecule has 1 heterocycles. The Kier molecular flexibility index (Phi) is 6.93. The van der Waals surface area contributed by atoms with E-state index in [1.807, 2.05) is 12.1 Å². The van der Waals surface area contributed by atoms with Crippen LogP contribution in [-0.4, -0.2) is 67.5 Å². The van der Waals surface area contributed by atoms with Gasteiger partial charge in [-0.25, -0.2) is 0 Å². The molecule has 0 saturated heterocycles. The minimum atomic E-state index is -2.67. The number of ketones is 2. The number of aliphatic hydroxyl groups excluding tert-OH is 2. The zero-order valence-corrected chi connectivity index (χ0v) is 23.7. The number of nitrogens with zero attached hydrogens (tertiary/aromatic N) is 1. The molecule has 0 aromatic heterocycles. The summed E-state index contributed by atoms with van der Waals surface area (Å²) in [6, 6.07) is 8.54. The summed E-state index contributed by atoms with van der Waals surface area (Å²) < 4.78 is 0. The van der Waals surface area contributed by atoms with E-state index in [0.29, 0.717) is 22.7 Å². The maximum atomic E-state index is 13.9. The normalized spacial score (nSPS) is 27.4. The number of primary amides is 1. The molecule has 220 valence electrons. The van der Waals surface area contributed by atoms with E-state index in [-0.39, 0.29) is 36.3 Å². The van der Waals surface area contributed by atoms with Gasteiger partial charge in [-0.05, 0) is 60.0 Å². The third-order valence-electron chi connectivity index (χ3n) is 9.24. The Labute approximate surface area is 247 Å². The molecular weight excluding hydrogens is 562 g/mol. The van der Waals surface area contributed by atoms with Gasteiger partial charge in [0.25, 0.3) is 5.91 Å². The van der Waals surface area contributed by atoms with Crippen LogP contribution < -0.4 is 11.1 Å². The number of hydrogen-bond acceptors (Lipinski definition) is 9. The van der Waals surface area contributed by atoms with Gasteiger partial charge in [0.05, 0.1) is 11.6 Å². The van der Waals surface area contributed by atoms with E-state index in [0.717, 1.165) is 19.5 Å². The Morgan fingerprint density at radius 2 is 1.90 bits per heavy atom. The van der Waals surface area contributed by atoms with Crippen molar-refractivity contribution in [2.24, 2.45) is 17.6 Å². The van der Waals surface area contributed by atoms with Crippen molar-refractivity contribution in [2.75, 3.05) is 13.1 Å². The van der Waals surface area contributed by atoms with E-state index in [1.54, 1.807) is 6.92 Å². The summed E-state index contributed by atoms with van der Waals surface area (Å²) in [5.41, 5.74) is 5.30. The van der Waals surface area contributed by atoms with Gasteiger partial charge in [0.1, 0.15) is 22.8 Å². The van der Waals surface area contributed by atoms with Gasteiger partial charge >= 0.3 is 0 Å². The fourth-order valence-electron chi connectivity index (χ4n) is 7.28.